The van der Waals surface area contributed by atoms with Gasteiger partial charge in [-0.3, -0.25) is 4.79 Å². The normalized spacial score (nSPS) is 17.6. The molecule has 0 aliphatic carbocycles. The van der Waals surface area contributed by atoms with Gasteiger partial charge in [-0.2, -0.15) is 0 Å². The van der Waals surface area contributed by atoms with Gasteiger partial charge >= 0.3 is 0 Å². The third kappa shape index (κ3) is 4.26. The van der Waals surface area contributed by atoms with Gasteiger partial charge in [-0.1, -0.05) is 36.4 Å². The minimum atomic E-state index is 0.0207. The Kier molecular flexibility index (Phi) is 5.42. The Morgan fingerprint density at radius 2 is 2.10 bits per heavy atom. The maximum atomic E-state index is 12.0. The number of allylic oxidation sites excluding steroid dienone is 3. The van der Waals surface area contributed by atoms with E-state index in [4.69, 9.17) is 9.47 Å². The van der Waals surface area contributed by atoms with Crippen LogP contribution in [0.1, 0.15) is 31.2 Å². The van der Waals surface area contributed by atoms with Gasteiger partial charge in [0.1, 0.15) is 11.5 Å². The van der Waals surface area contributed by atoms with E-state index in [1.165, 1.54) is 0 Å². The van der Waals surface area contributed by atoms with Crippen LogP contribution < -0.4 is 0 Å². The molecule has 2 rings (SSSR count). The Hall–Kier alpha value is -2.03. The largest absolute Gasteiger partial charge is 0.497 e. The highest BCUT2D eigenvalue weighted by Crippen LogP contribution is 2.22. The summed E-state index contributed by atoms with van der Waals surface area (Å²) in [6.45, 7) is 0.718. The number of carbonyl (C=O) groups is 1. The molecule has 0 unspecified atom stereocenters. The molecule has 0 N–H and O–H groups in total. The molecule has 1 heterocycles. The Morgan fingerprint density at radius 1 is 1.30 bits per heavy atom. The molecule has 0 atom stereocenters. The summed E-state index contributed by atoms with van der Waals surface area (Å²) in [6, 6.07) is 9.77. The SMILES string of the molecule is CO/C(CC(=O)/C=C/c1ccccc1)=C1\CCCCO1. The lowest BCUT2D eigenvalue weighted by Crippen LogP contribution is -2.09. The summed E-state index contributed by atoms with van der Waals surface area (Å²) >= 11 is 0. The van der Waals surface area contributed by atoms with Crippen molar-refractivity contribution in [1.82, 2.24) is 0 Å². The molecular weight excluding hydrogens is 252 g/mol. The van der Waals surface area contributed by atoms with E-state index in [1.54, 1.807) is 13.2 Å². The topological polar surface area (TPSA) is 35.5 Å². The summed E-state index contributed by atoms with van der Waals surface area (Å²) in [5.74, 6) is 1.51. The minimum Gasteiger partial charge on any atom is -0.497 e. The van der Waals surface area contributed by atoms with Crippen molar-refractivity contribution < 1.29 is 14.3 Å². The second-order valence-electron chi connectivity index (χ2n) is 4.74. The van der Waals surface area contributed by atoms with Gasteiger partial charge < -0.3 is 9.47 Å². The summed E-state index contributed by atoms with van der Waals surface area (Å²) < 4.78 is 10.9. The van der Waals surface area contributed by atoms with Gasteiger partial charge in [0.25, 0.3) is 0 Å². The summed E-state index contributed by atoms with van der Waals surface area (Å²) in [5.41, 5.74) is 1.02. The lowest BCUT2D eigenvalue weighted by molar-refractivity contribution is -0.114. The monoisotopic (exact) mass is 272 g/mol. The summed E-state index contributed by atoms with van der Waals surface area (Å²) in [6.07, 6.45) is 6.70. The molecule has 1 aromatic carbocycles. The molecule has 0 spiro atoms. The highest BCUT2D eigenvalue weighted by atomic mass is 16.5. The smallest absolute Gasteiger partial charge is 0.163 e. The molecule has 3 heteroatoms. The molecule has 1 aromatic rings. The lowest BCUT2D eigenvalue weighted by atomic mass is 10.1. The van der Waals surface area contributed by atoms with E-state index >= 15 is 0 Å². The molecule has 106 valence electrons. The number of carbonyl (C=O) groups excluding carboxylic acids is 1. The van der Waals surface area contributed by atoms with Crippen LogP contribution in [0.3, 0.4) is 0 Å². The van der Waals surface area contributed by atoms with E-state index in [0.717, 1.165) is 37.2 Å². The van der Waals surface area contributed by atoms with E-state index in [1.807, 2.05) is 36.4 Å². The number of ether oxygens (including phenoxy) is 2. The first-order chi connectivity index (χ1) is 9.79. The Bertz CT molecular complexity index is 492. The van der Waals surface area contributed by atoms with E-state index in [0.29, 0.717) is 5.76 Å². The van der Waals surface area contributed by atoms with Gasteiger partial charge in [0, 0.05) is 6.42 Å². The van der Waals surface area contributed by atoms with Crippen LogP contribution in [0.25, 0.3) is 6.08 Å². The molecule has 1 aliphatic rings. The predicted octanol–water partition coefficient (Wildman–Crippen LogP) is 3.72. The fourth-order valence-electron chi connectivity index (χ4n) is 2.13. The first-order valence-electron chi connectivity index (χ1n) is 6.94. The van der Waals surface area contributed by atoms with Crippen LogP contribution in [-0.4, -0.2) is 19.5 Å². The first kappa shape index (κ1) is 14.4. The van der Waals surface area contributed by atoms with Crippen LogP contribution >= 0.6 is 0 Å². The van der Waals surface area contributed by atoms with Crippen molar-refractivity contribution in [2.45, 2.75) is 25.7 Å². The van der Waals surface area contributed by atoms with Gasteiger partial charge in [0.05, 0.1) is 20.1 Å². The molecule has 1 aliphatic heterocycles. The van der Waals surface area contributed by atoms with Crippen LogP contribution in [-0.2, 0) is 14.3 Å². The zero-order valence-electron chi connectivity index (χ0n) is 11.8. The highest BCUT2D eigenvalue weighted by molar-refractivity contribution is 5.94. The molecule has 0 amide bonds. The van der Waals surface area contributed by atoms with Gasteiger partial charge in [0.15, 0.2) is 5.78 Å². The van der Waals surface area contributed by atoms with Crippen molar-refractivity contribution in [3.05, 3.63) is 53.5 Å². The third-order valence-electron chi connectivity index (χ3n) is 3.23. The average Bonchev–Trinajstić information content (AvgIpc) is 2.52. The lowest BCUT2D eigenvalue weighted by Gasteiger charge is -2.19. The second-order valence-corrected chi connectivity index (χ2v) is 4.74. The van der Waals surface area contributed by atoms with Crippen molar-refractivity contribution in [3.63, 3.8) is 0 Å². The number of ketones is 1. The zero-order chi connectivity index (χ0) is 14.2. The van der Waals surface area contributed by atoms with Gasteiger partial charge in [-0.15, -0.1) is 0 Å². The van der Waals surface area contributed by atoms with E-state index in [-0.39, 0.29) is 12.2 Å². The molecule has 0 aromatic heterocycles. The van der Waals surface area contributed by atoms with Crippen molar-refractivity contribution in [1.29, 1.82) is 0 Å². The van der Waals surface area contributed by atoms with Gasteiger partial charge in [-0.25, -0.2) is 0 Å². The number of methoxy groups -OCH3 is 1. The molecule has 20 heavy (non-hydrogen) atoms. The van der Waals surface area contributed by atoms with Crippen LogP contribution in [0.4, 0.5) is 0 Å². The summed E-state index contributed by atoms with van der Waals surface area (Å²) in [7, 11) is 1.59. The quantitative estimate of drug-likeness (QED) is 0.605. The fraction of sp³-hybridized carbons (Fsp3) is 0.353. The van der Waals surface area contributed by atoms with Crippen LogP contribution in [0.5, 0.6) is 0 Å². The molecule has 0 saturated carbocycles. The van der Waals surface area contributed by atoms with Gasteiger partial charge in [-0.05, 0) is 24.5 Å². The summed E-state index contributed by atoms with van der Waals surface area (Å²) in [5, 5.41) is 0. The van der Waals surface area contributed by atoms with Crippen molar-refractivity contribution >= 4 is 11.9 Å². The van der Waals surface area contributed by atoms with Crippen LogP contribution in [0, 0.1) is 0 Å². The molecule has 1 fully saturated rings. The van der Waals surface area contributed by atoms with E-state index in [9.17, 15) is 4.79 Å². The predicted molar refractivity (Wildman–Crippen MR) is 78.9 cm³/mol. The molecule has 3 nitrogen and oxygen atoms in total. The van der Waals surface area contributed by atoms with Crippen molar-refractivity contribution in [3.8, 4) is 0 Å². The first-order valence-corrected chi connectivity index (χ1v) is 6.94. The molecule has 0 radical (unpaired) electrons. The maximum absolute atomic E-state index is 12.0. The van der Waals surface area contributed by atoms with E-state index in [2.05, 4.69) is 0 Å². The maximum Gasteiger partial charge on any atom is 0.163 e. The number of rotatable bonds is 5. The fourth-order valence-corrected chi connectivity index (χ4v) is 2.13. The standard InChI is InChI=1S/C17H20O3/c1-19-17(16-9-5-6-12-20-16)13-15(18)11-10-14-7-3-2-4-8-14/h2-4,7-8,10-11H,5-6,9,12-13H2,1H3/b11-10+,17-16+. The highest BCUT2D eigenvalue weighted by Gasteiger charge is 2.15. The van der Waals surface area contributed by atoms with E-state index < -0.39 is 0 Å². The number of benzene rings is 1. The third-order valence-corrected chi connectivity index (χ3v) is 3.23. The number of hydrogen-bond acceptors (Lipinski definition) is 3. The van der Waals surface area contributed by atoms with Crippen molar-refractivity contribution in [2.75, 3.05) is 13.7 Å². The van der Waals surface area contributed by atoms with Crippen molar-refractivity contribution in [2.24, 2.45) is 0 Å². The zero-order valence-corrected chi connectivity index (χ0v) is 11.8. The van der Waals surface area contributed by atoms with Crippen LogP contribution in [0.15, 0.2) is 47.9 Å². The Balaban J connectivity index is 1.97. The van der Waals surface area contributed by atoms with Gasteiger partial charge in [0.2, 0.25) is 0 Å². The summed E-state index contributed by atoms with van der Waals surface area (Å²) in [4.78, 5) is 12.0. The average molecular weight is 272 g/mol. The Labute approximate surface area is 119 Å². The Morgan fingerprint density at radius 3 is 2.75 bits per heavy atom. The minimum absolute atomic E-state index is 0.0207. The molecule has 0 bridgehead atoms. The molecule has 1 saturated heterocycles. The second kappa shape index (κ2) is 7.53. The number of hydrogen-bond donors (Lipinski definition) is 0. The molecular formula is C17H20O3. The van der Waals surface area contributed by atoms with Crippen LogP contribution in [0.2, 0.25) is 0 Å².